The summed E-state index contributed by atoms with van der Waals surface area (Å²) in [5.41, 5.74) is 3.54. The first kappa shape index (κ1) is 14.8. The van der Waals surface area contributed by atoms with E-state index in [0.717, 1.165) is 17.5 Å². The van der Waals surface area contributed by atoms with E-state index in [1.54, 1.807) is 14.1 Å². The van der Waals surface area contributed by atoms with Crippen LogP contribution in [0, 0.1) is 0 Å². The van der Waals surface area contributed by atoms with Crippen LogP contribution in [0.25, 0.3) is 0 Å². The summed E-state index contributed by atoms with van der Waals surface area (Å²) in [6.45, 7) is 0. The van der Waals surface area contributed by atoms with Gasteiger partial charge in [-0.15, -0.1) is 0 Å². The molecule has 0 atom stereocenters. The molecule has 21 heavy (non-hydrogen) atoms. The van der Waals surface area contributed by atoms with Crippen LogP contribution in [0.3, 0.4) is 0 Å². The Bertz CT molecular complexity index is 573. The Morgan fingerprint density at radius 3 is 1.33 bits per heavy atom. The summed E-state index contributed by atoms with van der Waals surface area (Å²) in [5.74, 6) is -0.173. The Kier molecular flexibility index (Phi) is 4.72. The molecule has 4 nitrogen and oxygen atoms in total. The fraction of sp³-hybridized carbons (Fsp3) is 0.176. The molecule has 0 fully saturated rings. The van der Waals surface area contributed by atoms with Gasteiger partial charge in [0.25, 0.3) is 11.8 Å². The summed E-state index contributed by atoms with van der Waals surface area (Å²) in [6, 6.07) is 15.0. The molecule has 2 aromatic carbocycles. The van der Waals surface area contributed by atoms with Crippen LogP contribution in [-0.2, 0) is 6.42 Å². The molecular formula is C17H18N2O2. The van der Waals surface area contributed by atoms with Crippen molar-refractivity contribution in [2.24, 2.45) is 0 Å². The van der Waals surface area contributed by atoms with Gasteiger partial charge >= 0.3 is 0 Å². The maximum absolute atomic E-state index is 11.5. The zero-order valence-corrected chi connectivity index (χ0v) is 12.1. The van der Waals surface area contributed by atoms with Crippen LogP contribution >= 0.6 is 0 Å². The maximum atomic E-state index is 11.5. The largest absolute Gasteiger partial charge is 0.355 e. The number of benzene rings is 2. The van der Waals surface area contributed by atoms with Crippen molar-refractivity contribution in [3.63, 3.8) is 0 Å². The second-order valence-corrected chi connectivity index (χ2v) is 4.73. The standard InChI is InChI=1S/C17H18N2O2/c1-18-16(20)14-7-3-12(4-8-14)11-13-5-9-15(10-6-13)17(21)19-2/h3-10H,11H2,1-2H3,(H,18,20)(H,19,21). The van der Waals surface area contributed by atoms with Crippen molar-refractivity contribution in [1.29, 1.82) is 0 Å². The predicted molar refractivity (Wildman–Crippen MR) is 82.5 cm³/mol. The van der Waals surface area contributed by atoms with Gasteiger partial charge in [0.15, 0.2) is 0 Å². The number of hydrogen-bond donors (Lipinski definition) is 2. The first-order chi connectivity index (χ1) is 10.1. The van der Waals surface area contributed by atoms with Crippen LogP contribution in [0.4, 0.5) is 0 Å². The lowest BCUT2D eigenvalue weighted by molar-refractivity contribution is 0.0955. The fourth-order valence-electron chi connectivity index (χ4n) is 2.07. The summed E-state index contributed by atoms with van der Waals surface area (Å²) >= 11 is 0. The van der Waals surface area contributed by atoms with Gasteiger partial charge in [0.2, 0.25) is 0 Å². The van der Waals surface area contributed by atoms with Crippen LogP contribution in [0.15, 0.2) is 48.5 Å². The average Bonchev–Trinajstić information content (AvgIpc) is 2.55. The zero-order chi connectivity index (χ0) is 15.2. The van der Waals surface area contributed by atoms with Gasteiger partial charge in [-0.1, -0.05) is 24.3 Å². The number of carbonyl (C=O) groups excluding carboxylic acids is 2. The average molecular weight is 282 g/mol. The molecule has 0 aromatic heterocycles. The van der Waals surface area contributed by atoms with Gasteiger partial charge in [0.05, 0.1) is 0 Å². The minimum absolute atomic E-state index is 0.0866. The number of rotatable bonds is 4. The van der Waals surface area contributed by atoms with Crippen molar-refractivity contribution in [3.8, 4) is 0 Å². The molecule has 0 heterocycles. The van der Waals surface area contributed by atoms with Crippen LogP contribution in [-0.4, -0.2) is 25.9 Å². The molecule has 2 rings (SSSR count). The number of carbonyl (C=O) groups is 2. The molecule has 0 aliphatic carbocycles. The third-order valence-electron chi connectivity index (χ3n) is 3.29. The molecule has 4 heteroatoms. The number of hydrogen-bond acceptors (Lipinski definition) is 2. The molecule has 0 radical (unpaired) electrons. The third-order valence-corrected chi connectivity index (χ3v) is 3.29. The topological polar surface area (TPSA) is 58.2 Å². The first-order valence-corrected chi connectivity index (χ1v) is 6.76. The molecule has 2 amide bonds. The van der Waals surface area contributed by atoms with Gasteiger partial charge in [0, 0.05) is 25.2 Å². The van der Waals surface area contributed by atoms with Crippen LogP contribution < -0.4 is 10.6 Å². The maximum Gasteiger partial charge on any atom is 0.251 e. The summed E-state index contributed by atoms with van der Waals surface area (Å²) in [5, 5.41) is 5.19. The molecule has 0 unspecified atom stereocenters. The van der Waals surface area contributed by atoms with Gasteiger partial charge in [0.1, 0.15) is 0 Å². The normalized spacial score (nSPS) is 10.0. The van der Waals surface area contributed by atoms with Gasteiger partial charge < -0.3 is 10.6 Å². The van der Waals surface area contributed by atoms with E-state index in [1.807, 2.05) is 48.5 Å². The second kappa shape index (κ2) is 6.70. The molecular weight excluding hydrogens is 264 g/mol. The molecule has 0 spiro atoms. The van der Waals surface area contributed by atoms with Crippen molar-refractivity contribution < 1.29 is 9.59 Å². The van der Waals surface area contributed by atoms with E-state index in [-0.39, 0.29) is 11.8 Å². The van der Waals surface area contributed by atoms with Crippen LogP contribution in [0.2, 0.25) is 0 Å². The molecule has 0 bridgehead atoms. The summed E-state index contributed by atoms with van der Waals surface area (Å²) in [4.78, 5) is 22.9. The SMILES string of the molecule is CNC(=O)c1ccc(Cc2ccc(C(=O)NC)cc2)cc1. The molecule has 0 aliphatic rings. The zero-order valence-electron chi connectivity index (χ0n) is 12.1. The highest BCUT2D eigenvalue weighted by molar-refractivity contribution is 5.94. The van der Waals surface area contributed by atoms with Gasteiger partial charge in [-0.05, 0) is 41.8 Å². The summed E-state index contributed by atoms with van der Waals surface area (Å²) in [7, 11) is 3.23. The highest BCUT2D eigenvalue weighted by Crippen LogP contribution is 2.12. The molecule has 2 aromatic rings. The lowest BCUT2D eigenvalue weighted by Crippen LogP contribution is -2.17. The molecule has 0 saturated carbocycles. The number of amides is 2. The van der Waals surface area contributed by atoms with Gasteiger partial charge in [-0.25, -0.2) is 0 Å². The Labute approximate surface area is 124 Å². The first-order valence-electron chi connectivity index (χ1n) is 6.76. The Hall–Kier alpha value is -2.62. The number of nitrogens with one attached hydrogen (secondary N) is 2. The highest BCUT2D eigenvalue weighted by atomic mass is 16.2. The quantitative estimate of drug-likeness (QED) is 0.901. The van der Waals surface area contributed by atoms with Crippen LogP contribution in [0.1, 0.15) is 31.8 Å². The molecule has 0 saturated heterocycles. The van der Waals surface area contributed by atoms with E-state index >= 15 is 0 Å². The van der Waals surface area contributed by atoms with E-state index in [2.05, 4.69) is 10.6 Å². The Balaban J connectivity index is 2.08. The Morgan fingerprint density at radius 2 is 1.05 bits per heavy atom. The smallest absolute Gasteiger partial charge is 0.251 e. The van der Waals surface area contributed by atoms with Crippen molar-refractivity contribution >= 4 is 11.8 Å². The highest BCUT2D eigenvalue weighted by Gasteiger charge is 2.04. The second-order valence-electron chi connectivity index (χ2n) is 4.73. The summed E-state index contributed by atoms with van der Waals surface area (Å²) in [6.07, 6.45) is 0.766. The van der Waals surface area contributed by atoms with Gasteiger partial charge in [-0.3, -0.25) is 9.59 Å². The van der Waals surface area contributed by atoms with Crippen LogP contribution in [0.5, 0.6) is 0 Å². The fourth-order valence-corrected chi connectivity index (χ4v) is 2.07. The minimum Gasteiger partial charge on any atom is -0.355 e. The van der Waals surface area contributed by atoms with E-state index in [9.17, 15) is 9.59 Å². The minimum atomic E-state index is -0.0866. The molecule has 2 N–H and O–H groups in total. The lowest BCUT2D eigenvalue weighted by atomic mass is 10.0. The van der Waals surface area contributed by atoms with Crippen molar-refractivity contribution in [3.05, 3.63) is 70.8 Å². The van der Waals surface area contributed by atoms with Gasteiger partial charge in [-0.2, -0.15) is 0 Å². The monoisotopic (exact) mass is 282 g/mol. The van der Waals surface area contributed by atoms with E-state index in [0.29, 0.717) is 11.1 Å². The van der Waals surface area contributed by atoms with E-state index < -0.39 is 0 Å². The lowest BCUT2D eigenvalue weighted by Gasteiger charge is -2.05. The van der Waals surface area contributed by atoms with E-state index in [1.165, 1.54) is 0 Å². The van der Waals surface area contributed by atoms with Crippen molar-refractivity contribution in [2.45, 2.75) is 6.42 Å². The van der Waals surface area contributed by atoms with Crippen molar-refractivity contribution in [1.82, 2.24) is 10.6 Å². The molecule has 0 aliphatic heterocycles. The molecule has 108 valence electrons. The van der Waals surface area contributed by atoms with E-state index in [4.69, 9.17) is 0 Å². The third kappa shape index (κ3) is 3.69. The van der Waals surface area contributed by atoms with Crippen molar-refractivity contribution in [2.75, 3.05) is 14.1 Å². The Morgan fingerprint density at radius 1 is 0.714 bits per heavy atom. The predicted octanol–water partition coefficient (Wildman–Crippen LogP) is 2.00. The summed E-state index contributed by atoms with van der Waals surface area (Å²) < 4.78 is 0.